The van der Waals surface area contributed by atoms with E-state index in [4.69, 9.17) is 4.74 Å². The van der Waals surface area contributed by atoms with Gasteiger partial charge in [0.25, 0.3) is 21.6 Å². The lowest BCUT2D eigenvalue weighted by Gasteiger charge is -2.19. The Kier molecular flexibility index (Phi) is 6.74. The predicted molar refractivity (Wildman–Crippen MR) is 120 cm³/mol. The highest BCUT2D eigenvalue weighted by Crippen LogP contribution is 2.29. The minimum absolute atomic E-state index is 0.225. The lowest BCUT2D eigenvalue weighted by Crippen LogP contribution is -2.27. The molecule has 1 amide bonds. The van der Waals surface area contributed by atoms with Crippen LogP contribution < -0.4 is 14.4 Å². The van der Waals surface area contributed by atoms with Crippen LogP contribution in [0.2, 0.25) is 0 Å². The Bertz CT molecular complexity index is 1230. The smallest absolute Gasteiger partial charge is 0.289 e. The molecule has 0 fully saturated rings. The van der Waals surface area contributed by atoms with E-state index in [0.29, 0.717) is 11.4 Å². The van der Waals surface area contributed by atoms with Crippen molar-refractivity contribution in [3.05, 3.63) is 88.5 Å². The van der Waals surface area contributed by atoms with Crippen molar-refractivity contribution in [2.45, 2.75) is 11.8 Å². The van der Waals surface area contributed by atoms with E-state index >= 15 is 0 Å². The topological polar surface area (TPSA) is 119 Å². The number of nitrogens with zero attached hydrogens (tertiary/aromatic N) is 2. The number of rotatable bonds is 8. The molecular formula is C22H21N3O6S. The number of hydrogen-bond donors (Lipinski definition) is 1. The number of para-hydroxylation sites is 1. The molecule has 0 aliphatic rings. The number of carbonyl (C=O) groups is 1. The van der Waals surface area contributed by atoms with Gasteiger partial charge in [-0.1, -0.05) is 29.8 Å². The summed E-state index contributed by atoms with van der Waals surface area (Å²) in [7, 11) is -2.85. The summed E-state index contributed by atoms with van der Waals surface area (Å²) in [4.78, 5) is 22.1. The Balaban J connectivity index is 1.66. The molecule has 0 bridgehead atoms. The highest BCUT2D eigenvalue weighted by Gasteiger charge is 2.29. The summed E-state index contributed by atoms with van der Waals surface area (Å²) in [5, 5.41) is 13.9. The highest BCUT2D eigenvalue weighted by atomic mass is 32.2. The predicted octanol–water partition coefficient (Wildman–Crippen LogP) is 3.75. The molecule has 166 valence electrons. The van der Waals surface area contributed by atoms with Crippen LogP contribution in [-0.4, -0.2) is 32.9 Å². The minimum atomic E-state index is -4.16. The second-order valence-electron chi connectivity index (χ2n) is 6.89. The molecule has 10 heteroatoms. The van der Waals surface area contributed by atoms with Gasteiger partial charge < -0.3 is 10.1 Å². The number of nitrogens with one attached hydrogen (secondary N) is 1. The standard InChI is InChI=1S/C22H21N3O6S/c1-16-7-9-17(10-8-16)23-22(26)15-31-19-13-11-18(12-14-19)24(2)32(29,30)21-6-4-3-5-20(21)25(27)28/h3-14H,15H2,1-2H3,(H,23,26). The van der Waals surface area contributed by atoms with E-state index in [2.05, 4.69) is 5.32 Å². The van der Waals surface area contributed by atoms with E-state index in [0.717, 1.165) is 15.9 Å². The van der Waals surface area contributed by atoms with Gasteiger partial charge in [0.2, 0.25) is 0 Å². The van der Waals surface area contributed by atoms with Gasteiger partial charge in [0.15, 0.2) is 11.5 Å². The normalized spacial score (nSPS) is 10.9. The average molecular weight is 455 g/mol. The Labute approximate surface area is 185 Å². The first-order valence-corrected chi connectivity index (χ1v) is 10.9. The van der Waals surface area contributed by atoms with Crippen molar-refractivity contribution in [3.63, 3.8) is 0 Å². The summed E-state index contributed by atoms with van der Waals surface area (Å²) in [6, 6.07) is 18.5. The third kappa shape index (κ3) is 5.22. The number of carbonyl (C=O) groups excluding carboxylic acids is 1. The number of nitro groups is 1. The van der Waals surface area contributed by atoms with Gasteiger partial charge in [0, 0.05) is 18.8 Å². The van der Waals surface area contributed by atoms with Gasteiger partial charge in [0.1, 0.15) is 5.75 Å². The summed E-state index contributed by atoms with van der Waals surface area (Å²) in [5.74, 6) is 0.0262. The zero-order valence-corrected chi connectivity index (χ0v) is 18.2. The summed E-state index contributed by atoms with van der Waals surface area (Å²) >= 11 is 0. The van der Waals surface area contributed by atoms with Crippen molar-refractivity contribution in [2.75, 3.05) is 23.3 Å². The molecule has 9 nitrogen and oxygen atoms in total. The van der Waals surface area contributed by atoms with Gasteiger partial charge in [0.05, 0.1) is 10.6 Å². The second kappa shape index (κ2) is 9.48. The molecule has 0 unspecified atom stereocenters. The van der Waals surface area contributed by atoms with Crippen LogP contribution >= 0.6 is 0 Å². The van der Waals surface area contributed by atoms with E-state index in [9.17, 15) is 23.3 Å². The molecule has 0 aliphatic carbocycles. The van der Waals surface area contributed by atoms with Crippen LogP contribution in [-0.2, 0) is 14.8 Å². The molecule has 32 heavy (non-hydrogen) atoms. The molecule has 0 spiro atoms. The van der Waals surface area contributed by atoms with Gasteiger partial charge in [-0.05, 0) is 49.4 Å². The molecular weight excluding hydrogens is 434 g/mol. The molecule has 3 rings (SSSR count). The molecule has 0 atom stereocenters. The first-order chi connectivity index (χ1) is 15.2. The average Bonchev–Trinajstić information content (AvgIpc) is 2.79. The maximum Gasteiger partial charge on any atom is 0.289 e. The van der Waals surface area contributed by atoms with Gasteiger partial charge in [-0.15, -0.1) is 0 Å². The van der Waals surface area contributed by atoms with E-state index in [-0.39, 0.29) is 18.2 Å². The Hall–Kier alpha value is -3.92. The molecule has 1 N–H and O–H groups in total. The lowest BCUT2D eigenvalue weighted by molar-refractivity contribution is -0.387. The molecule has 0 saturated carbocycles. The lowest BCUT2D eigenvalue weighted by atomic mass is 10.2. The van der Waals surface area contributed by atoms with E-state index in [1.165, 1.54) is 49.5 Å². The van der Waals surface area contributed by atoms with Crippen molar-refractivity contribution < 1.29 is 22.9 Å². The Morgan fingerprint density at radius 3 is 2.28 bits per heavy atom. The van der Waals surface area contributed by atoms with Gasteiger partial charge >= 0.3 is 0 Å². The Morgan fingerprint density at radius 2 is 1.66 bits per heavy atom. The number of benzene rings is 3. The number of aryl methyl sites for hydroxylation is 1. The first-order valence-electron chi connectivity index (χ1n) is 9.50. The fraction of sp³-hybridized carbons (Fsp3) is 0.136. The maximum absolute atomic E-state index is 12.9. The summed E-state index contributed by atoms with van der Waals surface area (Å²) < 4.78 is 32.2. The number of hydrogen-bond acceptors (Lipinski definition) is 6. The zero-order chi connectivity index (χ0) is 23.3. The van der Waals surface area contributed by atoms with Gasteiger partial charge in [-0.25, -0.2) is 8.42 Å². The van der Waals surface area contributed by atoms with Crippen molar-refractivity contribution >= 4 is 33.0 Å². The number of ether oxygens (including phenoxy) is 1. The minimum Gasteiger partial charge on any atom is -0.484 e. The van der Waals surface area contributed by atoms with Crippen LogP contribution in [0.25, 0.3) is 0 Å². The number of sulfonamides is 1. The summed E-state index contributed by atoms with van der Waals surface area (Å²) in [5.41, 5.74) is 1.51. The molecule has 3 aromatic rings. The maximum atomic E-state index is 12.9. The monoisotopic (exact) mass is 455 g/mol. The quantitative estimate of drug-likeness (QED) is 0.408. The molecule has 0 aromatic heterocycles. The highest BCUT2D eigenvalue weighted by molar-refractivity contribution is 7.93. The summed E-state index contributed by atoms with van der Waals surface area (Å²) in [6.07, 6.45) is 0. The van der Waals surface area contributed by atoms with E-state index < -0.39 is 25.5 Å². The number of nitro benzene ring substituents is 1. The van der Waals surface area contributed by atoms with Crippen molar-refractivity contribution in [1.29, 1.82) is 0 Å². The number of anilines is 2. The van der Waals surface area contributed by atoms with Crippen LogP contribution in [0.5, 0.6) is 5.75 Å². The molecule has 0 heterocycles. The van der Waals surface area contributed by atoms with Crippen LogP contribution in [0, 0.1) is 17.0 Å². The fourth-order valence-corrected chi connectivity index (χ4v) is 4.20. The third-order valence-corrected chi connectivity index (χ3v) is 6.44. The van der Waals surface area contributed by atoms with Gasteiger partial charge in [-0.2, -0.15) is 0 Å². The van der Waals surface area contributed by atoms with E-state index in [1.54, 1.807) is 12.1 Å². The van der Waals surface area contributed by atoms with Crippen LogP contribution in [0.4, 0.5) is 17.1 Å². The van der Waals surface area contributed by atoms with Crippen LogP contribution in [0.1, 0.15) is 5.56 Å². The van der Waals surface area contributed by atoms with E-state index in [1.807, 2.05) is 19.1 Å². The Morgan fingerprint density at radius 1 is 1.03 bits per heavy atom. The fourth-order valence-electron chi connectivity index (χ4n) is 2.85. The molecule has 0 aliphatic heterocycles. The molecule has 3 aromatic carbocycles. The van der Waals surface area contributed by atoms with Gasteiger partial charge in [-0.3, -0.25) is 19.2 Å². The third-order valence-electron chi connectivity index (χ3n) is 4.61. The SMILES string of the molecule is Cc1ccc(NC(=O)COc2ccc(N(C)S(=O)(=O)c3ccccc3[N+](=O)[O-])cc2)cc1. The summed E-state index contributed by atoms with van der Waals surface area (Å²) in [6.45, 7) is 1.72. The van der Waals surface area contributed by atoms with Crippen molar-refractivity contribution in [3.8, 4) is 5.75 Å². The number of amides is 1. The molecule has 0 radical (unpaired) electrons. The zero-order valence-electron chi connectivity index (χ0n) is 17.4. The van der Waals surface area contributed by atoms with Crippen molar-refractivity contribution in [2.24, 2.45) is 0 Å². The second-order valence-corrected chi connectivity index (χ2v) is 8.83. The largest absolute Gasteiger partial charge is 0.484 e. The van der Waals surface area contributed by atoms with Crippen LogP contribution in [0.3, 0.4) is 0 Å². The van der Waals surface area contributed by atoms with Crippen molar-refractivity contribution in [1.82, 2.24) is 0 Å². The molecule has 0 saturated heterocycles. The van der Waals surface area contributed by atoms with Crippen LogP contribution in [0.15, 0.2) is 77.7 Å². The first kappa shape index (κ1) is 22.8.